The average molecular weight is 307 g/mol. The molecule has 7 heteroatoms. The number of carbonyl (C=O) groups excluding carboxylic acids is 1. The lowest BCUT2D eigenvalue weighted by Crippen LogP contribution is -2.42. The van der Waals surface area contributed by atoms with E-state index < -0.39 is 4.92 Å². The van der Waals surface area contributed by atoms with Crippen molar-refractivity contribution in [3.05, 3.63) is 34.4 Å². The minimum absolute atomic E-state index is 0.0437. The zero-order chi connectivity index (χ0) is 15.9. The van der Waals surface area contributed by atoms with Gasteiger partial charge in [0.15, 0.2) is 6.61 Å². The van der Waals surface area contributed by atoms with E-state index in [9.17, 15) is 14.9 Å². The van der Waals surface area contributed by atoms with Crippen molar-refractivity contribution < 1.29 is 14.5 Å². The summed E-state index contributed by atoms with van der Waals surface area (Å²) in [5, 5.41) is 13.9. The molecule has 0 unspecified atom stereocenters. The summed E-state index contributed by atoms with van der Waals surface area (Å²) >= 11 is 0. The molecule has 1 aliphatic rings. The second kappa shape index (κ2) is 7.74. The fraction of sp³-hybridized carbons (Fsp3) is 0.533. The molecule has 0 saturated carbocycles. The molecule has 1 saturated heterocycles. The zero-order valence-corrected chi connectivity index (χ0v) is 12.7. The van der Waals surface area contributed by atoms with Crippen LogP contribution in [0.15, 0.2) is 24.3 Å². The lowest BCUT2D eigenvalue weighted by atomic mass is 9.97. The fourth-order valence-corrected chi connectivity index (χ4v) is 2.60. The molecule has 0 bridgehead atoms. The molecule has 0 atom stereocenters. The normalized spacial score (nSPS) is 15.6. The molecule has 1 fully saturated rings. The van der Waals surface area contributed by atoms with Gasteiger partial charge in [0.25, 0.3) is 11.6 Å². The minimum atomic E-state index is -0.485. The van der Waals surface area contributed by atoms with E-state index >= 15 is 0 Å². The third-order valence-electron chi connectivity index (χ3n) is 3.85. The predicted octanol–water partition coefficient (Wildman–Crippen LogP) is 1.43. The van der Waals surface area contributed by atoms with Gasteiger partial charge in [-0.25, -0.2) is 0 Å². The lowest BCUT2D eigenvalue weighted by Gasteiger charge is -2.31. The van der Waals surface area contributed by atoms with Crippen molar-refractivity contribution in [3.8, 4) is 5.75 Å². The molecule has 120 valence electrons. The molecular formula is C15H21N3O4. The lowest BCUT2D eigenvalue weighted by molar-refractivity contribution is -0.384. The Bertz CT molecular complexity index is 527. The van der Waals surface area contributed by atoms with Crippen LogP contribution in [0.4, 0.5) is 5.69 Å². The smallest absolute Gasteiger partial charge is 0.273 e. The highest BCUT2D eigenvalue weighted by Gasteiger charge is 2.22. The highest BCUT2D eigenvalue weighted by molar-refractivity contribution is 5.77. The second-order valence-corrected chi connectivity index (χ2v) is 5.42. The van der Waals surface area contributed by atoms with Crippen LogP contribution in [0.5, 0.6) is 5.75 Å². The van der Waals surface area contributed by atoms with Crippen LogP contribution in [0.25, 0.3) is 0 Å². The number of nitro benzene ring substituents is 1. The quantitative estimate of drug-likeness (QED) is 0.635. The first-order valence-electron chi connectivity index (χ1n) is 7.39. The molecule has 1 amide bonds. The summed E-state index contributed by atoms with van der Waals surface area (Å²) in [4.78, 5) is 24.1. The van der Waals surface area contributed by atoms with E-state index in [1.165, 1.54) is 12.1 Å². The molecule has 0 aromatic heterocycles. The molecule has 0 spiro atoms. The topological polar surface area (TPSA) is 84.7 Å². The summed E-state index contributed by atoms with van der Waals surface area (Å²) < 4.78 is 5.38. The SMILES string of the molecule is CNCC1CCN(C(=O)COc2cccc([N+](=O)[O-])c2)CC1. The molecule has 1 aliphatic heterocycles. The molecule has 22 heavy (non-hydrogen) atoms. The van der Waals surface area contributed by atoms with Crippen molar-refractivity contribution in [1.82, 2.24) is 10.2 Å². The largest absolute Gasteiger partial charge is 0.484 e. The predicted molar refractivity (Wildman–Crippen MR) is 81.8 cm³/mol. The summed E-state index contributed by atoms with van der Waals surface area (Å²) in [5.74, 6) is 0.883. The third-order valence-corrected chi connectivity index (χ3v) is 3.85. The highest BCUT2D eigenvalue weighted by Crippen LogP contribution is 2.20. The molecule has 1 aromatic rings. The van der Waals surface area contributed by atoms with E-state index in [0.717, 1.165) is 32.5 Å². The molecule has 1 N–H and O–H groups in total. The number of carbonyl (C=O) groups is 1. The van der Waals surface area contributed by atoms with Crippen LogP contribution in [-0.2, 0) is 4.79 Å². The Labute approximate surface area is 129 Å². The van der Waals surface area contributed by atoms with Gasteiger partial charge in [-0.2, -0.15) is 0 Å². The summed E-state index contributed by atoms with van der Waals surface area (Å²) in [6, 6.07) is 5.87. The van der Waals surface area contributed by atoms with Crippen molar-refractivity contribution in [2.24, 2.45) is 5.92 Å². The molecular weight excluding hydrogens is 286 g/mol. The number of ether oxygens (including phenoxy) is 1. The Kier molecular flexibility index (Phi) is 5.71. The van der Waals surface area contributed by atoms with Crippen LogP contribution in [0, 0.1) is 16.0 Å². The number of hydrogen-bond acceptors (Lipinski definition) is 5. The van der Waals surface area contributed by atoms with Crippen LogP contribution in [0.2, 0.25) is 0 Å². The van der Waals surface area contributed by atoms with Gasteiger partial charge in [-0.15, -0.1) is 0 Å². The number of hydrogen-bond donors (Lipinski definition) is 1. The van der Waals surface area contributed by atoms with Gasteiger partial charge in [0.2, 0.25) is 0 Å². The average Bonchev–Trinajstić information content (AvgIpc) is 2.54. The van der Waals surface area contributed by atoms with Gasteiger partial charge in [-0.1, -0.05) is 6.07 Å². The first-order valence-corrected chi connectivity index (χ1v) is 7.39. The standard InChI is InChI=1S/C15H21N3O4/c1-16-10-12-5-7-17(8-6-12)15(19)11-22-14-4-2-3-13(9-14)18(20)21/h2-4,9,12,16H,5-8,10-11H2,1H3. The number of rotatable bonds is 6. The maximum Gasteiger partial charge on any atom is 0.273 e. The van der Waals surface area contributed by atoms with E-state index in [4.69, 9.17) is 4.74 Å². The first-order chi connectivity index (χ1) is 10.6. The van der Waals surface area contributed by atoms with Crippen LogP contribution in [-0.4, -0.2) is 49.0 Å². The number of amides is 1. The molecule has 1 aromatic carbocycles. The maximum absolute atomic E-state index is 12.1. The molecule has 7 nitrogen and oxygen atoms in total. The Morgan fingerprint density at radius 1 is 1.45 bits per heavy atom. The van der Waals surface area contributed by atoms with E-state index in [-0.39, 0.29) is 18.2 Å². The van der Waals surface area contributed by atoms with Gasteiger partial charge in [-0.3, -0.25) is 14.9 Å². The van der Waals surface area contributed by atoms with Gasteiger partial charge >= 0.3 is 0 Å². The van der Waals surface area contributed by atoms with Gasteiger partial charge in [0.05, 0.1) is 11.0 Å². The summed E-state index contributed by atoms with van der Waals surface area (Å²) in [5.41, 5.74) is -0.0437. The first kappa shape index (κ1) is 16.2. The van der Waals surface area contributed by atoms with Crippen molar-refractivity contribution in [1.29, 1.82) is 0 Å². The van der Waals surface area contributed by atoms with Crippen molar-refractivity contribution in [3.63, 3.8) is 0 Å². The number of benzene rings is 1. The van der Waals surface area contributed by atoms with Crippen LogP contribution >= 0.6 is 0 Å². The monoisotopic (exact) mass is 307 g/mol. The van der Waals surface area contributed by atoms with Crippen molar-refractivity contribution in [2.45, 2.75) is 12.8 Å². The third kappa shape index (κ3) is 4.42. The number of nitrogens with zero attached hydrogens (tertiary/aromatic N) is 2. The maximum atomic E-state index is 12.1. The Morgan fingerprint density at radius 3 is 2.82 bits per heavy atom. The molecule has 1 heterocycles. The highest BCUT2D eigenvalue weighted by atomic mass is 16.6. The minimum Gasteiger partial charge on any atom is -0.484 e. The van der Waals surface area contributed by atoms with Crippen molar-refractivity contribution >= 4 is 11.6 Å². The fourth-order valence-electron chi connectivity index (χ4n) is 2.60. The van der Waals surface area contributed by atoms with E-state index in [1.54, 1.807) is 17.0 Å². The van der Waals surface area contributed by atoms with E-state index in [2.05, 4.69) is 5.32 Å². The number of piperidine rings is 1. The van der Waals surface area contributed by atoms with Crippen molar-refractivity contribution in [2.75, 3.05) is 33.3 Å². The van der Waals surface area contributed by atoms with Gasteiger partial charge in [0.1, 0.15) is 5.75 Å². The molecule has 0 radical (unpaired) electrons. The molecule has 0 aliphatic carbocycles. The second-order valence-electron chi connectivity index (χ2n) is 5.42. The van der Waals surface area contributed by atoms with E-state index in [1.807, 2.05) is 7.05 Å². The van der Waals surface area contributed by atoms with Crippen LogP contribution < -0.4 is 10.1 Å². The van der Waals surface area contributed by atoms with Gasteiger partial charge in [0, 0.05) is 19.2 Å². The number of likely N-dealkylation sites (tertiary alicyclic amines) is 1. The number of nitro groups is 1. The summed E-state index contributed by atoms with van der Waals surface area (Å²) in [6.07, 6.45) is 1.98. The van der Waals surface area contributed by atoms with Crippen LogP contribution in [0.1, 0.15) is 12.8 Å². The Balaban J connectivity index is 1.81. The zero-order valence-electron chi connectivity index (χ0n) is 12.7. The Hall–Kier alpha value is -2.15. The van der Waals surface area contributed by atoms with Gasteiger partial charge in [-0.05, 0) is 38.4 Å². The molecule has 2 rings (SSSR count). The van der Waals surface area contributed by atoms with E-state index in [0.29, 0.717) is 11.7 Å². The summed E-state index contributed by atoms with van der Waals surface area (Å²) in [6.45, 7) is 2.37. The number of nitrogens with one attached hydrogen (secondary N) is 1. The van der Waals surface area contributed by atoms with Gasteiger partial charge < -0.3 is 15.0 Å². The summed E-state index contributed by atoms with van der Waals surface area (Å²) in [7, 11) is 1.93. The number of non-ortho nitro benzene ring substituents is 1. The van der Waals surface area contributed by atoms with Crippen LogP contribution in [0.3, 0.4) is 0 Å². The Morgan fingerprint density at radius 2 is 2.18 bits per heavy atom.